The smallest absolute Gasteiger partial charge is 0.226 e. The van der Waals surface area contributed by atoms with Crippen LogP contribution in [0.15, 0.2) is 42.9 Å². The summed E-state index contributed by atoms with van der Waals surface area (Å²) in [6.45, 7) is 2.76. The Kier molecular flexibility index (Phi) is 5.71. The SMILES string of the molecule is CN(C)CC[C@H]1CN(C(=O)CCOc2ccccc2)Cc2cncn21. The monoisotopic (exact) mass is 342 g/mol. The van der Waals surface area contributed by atoms with Crippen molar-refractivity contribution in [1.29, 1.82) is 0 Å². The number of imidazole rings is 1. The van der Waals surface area contributed by atoms with Gasteiger partial charge in [-0.15, -0.1) is 0 Å². The molecule has 0 radical (unpaired) electrons. The van der Waals surface area contributed by atoms with E-state index in [0.717, 1.165) is 31.0 Å². The summed E-state index contributed by atoms with van der Waals surface area (Å²) in [5, 5.41) is 0. The third kappa shape index (κ3) is 4.60. The van der Waals surface area contributed by atoms with Crippen molar-refractivity contribution in [1.82, 2.24) is 19.4 Å². The van der Waals surface area contributed by atoms with E-state index >= 15 is 0 Å². The fourth-order valence-corrected chi connectivity index (χ4v) is 3.14. The number of fused-ring (bicyclic) bond motifs is 1. The molecule has 1 aliphatic heterocycles. The number of rotatable bonds is 7. The molecule has 0 fully saturated rings. The molecule has 1 aromatic carbocycles. The quantitative estimate of drug-likeness (QED) is 0.774. The van der Waals surface area contributed by atoms with Crippen molar-refractivity contribution in [2.24, 2.45) is 0 Å². The maximum atomic E-state index is 12.6. The molecule has 134 valence electrons. The van der Waals surface area contributed by atoms with Crippen molar-refractivity contribution in [3.8, 4) is 5.75 Å². The summed E-state index contributed by atoms with van der Waals surface area (Å²) in [7, 11) is 4.14. The van der Waals surface area contributed by atoms with Crippen LogP contribution in [0.4, 0.5) is 0 Å². The largest absolute Gasteiger partial charge is 0.493 e. The van der Waals surface area contributed by atoms with Crippen molar-refractivity contribution in [3.63, 3.8) is 0 Å². The van der Waals surface area contributed by atoms with Gasteiger partial charge in [0, 0.05) is 12.7 Å². The minimum absolute atomic E-state index is 0.137. The highest BCUT2D eigenvalue weighted by Gasteiger charge is 2.27. The first kappa shape index (κ1) is 17.5. The number of para-hydroxylation sites is 1. The number of nitrogens with zero attached hydrogens (tertiary/aromatic N) is 4. The van der Waals surface area contributed by atoms with Crippen molar-refractivity contribution < 1.29 is 9.53 Å². The molecule has 25 heavy (non-hydrogen) atoms. The molecule has 1 atom stereocenters. The molecule has 3 rings (SSSR count). The van der Waals surface area contributed by atoms with Crippen LogP contribution in [0, 0.1) is 0 Å². The molecule has 1 amide bonds. The molecule has 0 saturated carbocycles. The van der Waals surface area contributed by atoms with Gasteiger partial charge in [-0.05, 0) is 39.2 Å². The van der Waals surface area contributed by atoms with E-state index in [1.54, 1.807) is 0 Å². The first-order valence-corrected chi connectivity index (χ1v) is 8.74. The van der Waals surface area contributed by atoms with Crippen LogP contribution >= 0.6 is 0 Å². The molecule has 2 heterocycles. The summed E-state index contributed by atoms with van der Waals surface area (Å²) >= 11 is 0. The van der Waals surface area contributed by atoms with Gasteiger partial charge in [0.1, 0.15) is 5.75 Å². The molecule has 2 aromatic rings. The normalized spacial score (nSPS) is 16.8. The van der Waals surface area contributed by atoms with E-state index in [1.807, 2.05) is 47.8 Å². The van der Waals surface area contributed by atoms with Crippen LogP contribution in [0.3, 0.4) is 0 Å². The van der Waals surface area contributed by atoms with E-state index in [4.69, 9.17) is 4.74 Å². The number of hydrogen-bond acceptors (Lipinski definition) is 4. The van der Waals surface area contributed by atoms with Gasteiger partial charge < -0.3 is 19.1 Å². The van der Waals surface area contributed by atoms with Crippen LogP contribution in [-0.4, -0.2) is 59.0 Å². The van der Waals surface area contributed by atoms with E-state index in [0.29, 0.717) is 19.6 Å². The molecule has 0 bridgehead atoms. The molecule has 1 aromatic heterocycles. The van der Waals surface area contributed by atoms with E-state index in [2.05, 4.69) is 28.5 Å². The predicted octanol–water partition coefficient (Wildman–Crippen LogP) is 2.19. The summed E-state index contributed by atoms with van der Waals surface area (Å²) in [4.78, 5) is 21.0. The maximum Gasteiger partial charge on any atom is 0.226 e. The molecule has 6 heteroatoms. The number of benzene rings is 1. The van der Waals surface area contributed by atoms with E-state index in [9.17, 15) is 4.79 Å². The Balaban J connectivity index is 1.55. The number of carbonyl (C=O) groups excluding carboxylic acids is 1. The number of carbonyl (C=O) groups is 1. The van der Waals surface area contributed by atoms with Crippen LogP contribution in [-0.2, 0) is 11.3 Å². The molecule has 0 N–H and O–H groups in total. The van der Waals surface area contributed by atoms with Crippen LogP contribution in [0.1, 0.15) is 24.6 Å². The predicted molar refractivity (Wildman–Crippen MR) is 96.4 cm³/mol. The zero-order chi connectivity index (χ0) is 17.6. The van der Waals surface area contributed by atoms with Gasteiger partial charge in [0.05, 0.1) is 37.6 Å². The summed E-state index contributed by atoms with van der Waals surface area (Å²) in [5.41, 5.74) is 1.10. The number of amides is 1. The third-order valence-electron chi connectivity index (χ3n) is 4.51. The van der Waals surface area contributed by atoms with Gasteiger partial charge in [-0.2, -0.15) is 0 Å². The lowest BCUT2D eigenvalue weighted by atomic mass is 10.1. The number of aromatic nitrogens is 2. The fourth-order valence-electron chi connectivity index (χ4n) is 3.14. The molecular formula is C19H26N4O2. The Bertz CT molecular complexity index is 684. The molecule has 0 spiro atoms. The lowest BCUT2D eigenvalue weighted by Crippen LogP contribution is -2.41. The Morgan fingerprint density at radius 3 is 2.88 bits per heavy atom. The highest BCUT2D eigenvalue weighted by atomic mass is 16.5. The van der Waals surface area contributed by atoms with Crippen LogP contribution in [0.2, 0.25) is 0 Å². The average Bonchev–Trinajstić information content (AvgIpc) is 3.09. The molecule has 1 aliphatic rings. The van der Waals surface area contributed by atoms with Gasteiger partial charge in [0.2, 0.25) is 5.91 Å². The van der Waals surface area contributed by atoms with Crippen molar-refractivity contribution in [2.75, 3.05) is 33.8 Å². The van der Waals surface area contributed by atoms with Crippen LogP contribution in [0.25, 0.3) is 0 Å². The maximum absolute atomic E-state index is 12.6. The van der Waals surface area contributed by atoms with Gasteiger partial charge in [0.25, 0.3) is 0 Å². The van der Waals surface area contributed by atoms with Gasteiger partial charge in [-0.25, -0.2) is 4.98 Å². The van der Waals surface area contributed by atoms with Crippen molar-refractivity contribution in [2.45, 2.75) is 25.4 Å². The lowest BCUT2D eigenvalue weighted by Gasteiger charge is -2.35. The molecule has 0 aliphatic carbocycles. The number of ether oxygens (including phenoxy) is 1. The third-order valence-corrected chi connectivity index (χ3v) is 4.51. The van der Waals surface area contributed by atoms with E-state index in [1.165, 1.54) is 0 Å². The second kappa shape index (κ2) is 8.16. The molecule has 6 nitrogen and oxygen atoms in total. The van der Waals surface area contributed by atoms with E-state index in [-0.39, 0.29) is 11.9 Å². The highest BCUT2D eigenvalue weighted by Crippen LogP contribution is 2.24. The van der Waals surface area contributed by atoms with E-state index < -0.39 is 0 Å². The first-order valence-electron chi connectivity index (χ1n) is 8.74. The van der Waals surface area contributed by atoms with Gasteiger partial charge in [-0.3, -0.25) is 4.79 Å². The van der Waals surface area contributed by atoms with Crippen molar-refractivity contribution in [3.05, 3.63) is 48.5 Å². The molecular weight excluding hydrogens is 316 g/mol. The Morgan fingerprint density at radius 1 is 1.32 bits per heavy atom. The van der Waals surface area contributed by atoms with Gasteiger partial charge in [0.15, 0.2) is 0 Å². The fraction of sp³-hybridized carbons (Fsp3) is 0.474. The van der Waals surface area contributed by atoms with Crippen LogP contribution in [0.5, 0.6) is 5.75 Å². The highest BCUT2D eigenvalue weighted by molar-refractivity contribution is 5.76. The lowest BCUT2D eigenvalue weighted by molar-refractivity contribution is -0.133. The second-order valence-electron chi connectivity index (χ2n) is 6.72. The number of hydrogen-bond donors (Lipinski definition) is 0. The first-order chi connectivity index (χ1) is 12.1. The standard InChI is InChI=1S/C19H26N4O2/c1-21(2)10-8-16-13-22(14-17-12-20-15-23(16)17)19(24)9-11-25-18-6-4-3-5-7-18/h3-7,12,15-16H,8-11,13-14H2,1-2H3/t16-/m0/s1. The Labute approximate surface area is 149 Å². The van der Waals surface area contributed by atoms with Crippen molar-refractivity contribution >= 4 is 5.91 Å². The Morgan fingerprint density at radius 2 is 2.12 bits per heavy atom. The topological polar surface area (TPSA) is 50.6 Å². The van der Waals surface area contributed by atoms with Gasteiger partial charge >= 0.3 is 0 Å². The zero-order valence-electron chi connectivity index (χ0n) is 15.0. The molecule has 0 saturated heterocycles. The minimum Gasteiger partial charge on any atom is -0.493 e. The molecule has 0 unspecified atom stereocenters. The van der Waals surface area contributed by atoms with Gasteiger partial charge in [-0.1, -0.05) is 18.2 Å². The summed E-state index contributed by atoms with van der Waals surface area (Å²) in [6, 6.07) is 9.90. The summed E-state index contributed by atoms with van der Waals surface area (Å²) in [5.74, 6) is 0.939. The zero-order valence-corrected chi connectivity index (χ0v) is 15.0. The second-order valence-corrected chi connectivity index (χ2v) is 6.72. The summed E-state index contributed by atoms with van der Waals surface area (Å²) in [6.07, 6.45) is 5.14. The van der Waals surface area contributed by atoms with Crippen LogP contribution < -0.4 is 4.74 Å². The Hall–Kier alpha value is -2.34. The average molecular weight is 342 g/mol. The minimum atomic E-state index is 0.137. The summed E-state index contributed by atoms with van der Waals surface area (Å²) < 4.78 is 7.87.